The molecule has 1 saturated heterocycles. The van der Waals surface area contributed by atoms with Crippen LogP contribution in [0.15, 0.2) is 60.7 Å². The molecule has 2 aromatic carbocycles. The number of rotatable bonds is 12. The number of ether oxygens (including phenoxy) is 1. The fraction of sp³-hybridized carbons (Fsp3) is 0.463. The average Bonchev–Trinajstić information content (AvgIpc) is 3.86. The van der Waals surface area contributed by atoms with E-state index in [1.54, 1.807) is 35.2 Å². The lowest BCUT2D eigenvalue weighted by Gasteiger charge is -2.36. The number of tetrazole rings is 1. The molecule has 2 aliphatic rings. The Kier molecular flexibility index (Phi) is 12.4. The standard InChI is InChI=1S/C41H52N10O5/c1-25-33(18-19-34(44-25)38(53)45-31-20-21-50(5)24-31)28-10-6-26(7-11-28)22-35(36(42)52)51(32-16-14-29(15-17-32)37-46-48-49-47-37)39(54)30-12-8-27(9-13-30)23-43-40(55)56-41(2,3)4/h6-7,10-11,14-19,27,30-31,35H,8-9,12-13,20-24H2,1-5H3,(H2,42,52)(H,43,55)(H,45,53)(H,46,47,48,49)/t27?,30?,31-,35+/m1/s1. The highest BCUT2D eigenvalue weighted by Crippen LogP contribution is 2.33. The number of likely N-dealkylation sites (N-methyl/N-ethyl adjacent to an activating group) is 1. The average molecular weight is 765 g/mol. The number of hydrogen-bond donors (Lipinski definition) is 4. The van der Waals surface area contributed by atoms with Crippen LogP contribution in [0.25, 0.3) is 22.5 Å². The molecule has 296 valence electrons. The van der Waals surface area contributed by atoms with Crippen LogP contribution in [0.3, 0.4) is 0 Å². The Morgan fingerprint density at radius 1 is 0.964 bits per heavy atom. The fourth-order valence-corrected chi connectivity index (χ4v) is 7.54. The molecule has 5 N–H and O–H groups in total. The number of nitrogens with zero attached hydrogens (tertiary/aromatic N) is 6. The molecule has 4 aromatic rings. The summed E-state index contributed by atoms with van der Waals surface area (Å²) in [4.78, 5) is 61.3. The smallest absolute Gasteiger partial charge is 0.407 e. The van der Waals surface area contributed by atoms with Gasteiger partial charge in [-0.3, -0.25) is 19.3 Å². The number of amides is 4. The molecule has 2 atom stereocenters. The number of aryl methyl sites for hydroxylation is 1. The van der Waals surface area contributed by atoms with Crippen molar-refractivity contribution in [3.63, 3.8) is 0 Å². The van der Waals surface area contributed by atoms with Crippen LogP contribution in [0.1, 0.15) is 74.6 Å². The monoisotopic (exact) mass is 764 g/mol. The minimum Gasteiger partial charge on any atom is -0.444 e. The van der Waals surface area contributed by atoms with Crippen LogP contribution in [-0.2, 0) is 20.7 Å². The zero-order valence-electron chi connectivity index (χ0n) is 32.7. The van der Waals surface area contributed by atoms with Crippen LogP contribution in [0, 0.1) is 18.8 Å². The lowest BCUT2D eigenvalue weighted by Crippen LogP contribution is -2.52. The number of alkyl carbamates (subject to hydrolysis) is 1. The van der Waals surface area contributed by atoms with Crippen molar-refractivity contribution in [2.45, 2.75) is 83.9 Å². The summed E-state index contributed by atoms with van der Waals surface area (Å²) in [5, 5.41) is 20.1. The summed E-state index contributed by atoms with van der Waals surface area (Å²) in [6.07, 6.45) is 3.32. The Bertz CT molecular complexity index is 1990. The fourth-order valence-electron chi connectivity index (χ4n) is 7.54. The van der Waals surface area contributed by atoms with Gasteiger partial charge in [-0.2, -0.15) is 5.21 Å². The predicted molar refractivity (Wildman–Crippen MR) is 211 cm³/mol. The number of H-pyrrole nitrogens is 1. The molecule has 15 heteroatoms. The lowest BCUT2D eigenvalue weighted by molar-refractivity contribution is -0.127. The number of benzene rings is 2. The highest BCUT2D eigenvalue weighted by molar-refractivity contribution is 6.02. The summed E-state index contributed by atoms with van der Waals surface area (Å²) < 4.78 is 5.38. The molecule has 1 aliphatic heterocycles. The number of pyridine rings is 1. The first-order chi connectivity index (χ1) is 26.7. The number of aromatic nitrogens is 5. The Morgan fingerprint density at radius 3 is 2.25 bits per heavy atom. The van der Waals surface area contributed by atoms with Crippen LogP contribution in [-0.4, -0.2) is 98.7 Å². The lowest BCUT2D eigenvalue weighted by atomic mass is 9.81. The molecule has 6 rings (SSSR count). The molecule has 1 aliphatic carbocycles. The number of aromatic amines is 1. The SMILES string of the molecule is Cc1nc(C(=O)N[C@@H]2CCN(C)C2)ccc1-c1ccc(C[C@@H](C(N)=O)N(C(=O)C2CCC(CNC(=O)OC(C)(C)C)CC2)c2ccc(-c3nn[nH]n3)cc2)cc1. The minimum atomic E-state index is -0.975. The molecule has 0 bridgehead atoms. The zero-order chi connectivity index (χ0) is 40.0. The Hall–Kier alpha value is -5.70. The van der Waals surface area contributed by atoms with E-state index >= 15 is 0 Å². The van der Waals surface area contributed by atoms with Crippen molar-refractivity contribution in [3.05, 3.63) is 77.6 Å². The summed E-state index contributed by atoms with van der Waals surface area (Å²) in [5.41, 5.74) is 10.5. The first kappa shape index (κ1) is 40.0. The van der Waals surface area contributed by atoms with Gasteiger partial charge in [0, 0.05) is 54.0 Å². The number of nitrogens with two attached hydrogens (primary N) is 1. The van der Waals surface area contributed by atoms with Crippen molar-refractivity contribution in [1.82, 2.24) is 41.1 Å². The topological polar surface area (TPSA) is 201 Å². The van der Waals surface area contributed by atoms with Gasteiger partial charge in [0.05, 0.1) is 0 Å². The van der Waals surface area contributed by atoms with E-state index in [1.165, 1.54) is 0 Å². The number of hydrogen-bond acceptors (Lipinski definition) is 10. The Labute approximate surface area is 327 Å². The molecule has 4 amide bonds. The number of nitrogens with one attached hydrogen (secondary N) is 3. The molecule has 15 nitrogen and oxygen atoms in total. The number of primary amides is 1. The van der Waals surface area contributed by atoms with E-state index in [0.29, 0.717) is 42.2 Å². The van der Waals surface area contributed by atoms with Gasteiger partial charge in [-0.05, 0) is 126 Å². The third-order valence-corrected chi connectivity index (χ3v) is 10.5. The van der Waals surface area contributed by atoms with Gasteiger partial charge in [-0.1, -0.05) is 30.3 Å². The van der Waals surface area contributed by atoms with Crippen molar-refractivity contribution in [3.8, 4) is 22.5 Å². The first-order valence-electron chi connectivity index (χ1n) is 19.2. The van der Waals surface area contributed by atoms with Crippen molar-refractivity contribution in [2.24, 2.45) is 17.6 Å². The largest absolute Gasteiger partial charge is 0.444 e. The quantitative estimate of drug-likeness (QED) is 0.160. The second kappa shape index (κ2) is 17.4. The molecular formula is C41H52N10O5. The van der Waals surface area contributed by atoms with Gasteiger partial charge in [-0.25, -0.2) is 9.78 Å². The van der Waals surface area contributed by atoms with Crippen LogP contribution >= 0.6 is 0 Å². The molecule has 0 radical (unpaired) electrons. The van der Waals surface area contributed by atoms with E-state index in [0.717, 1.165) is 54.7 Å². The summed E-state index contributed by atoms with van der Waals surface area (Å²) in [7, 11) is 2.04. The highest BCUT2D eigenvalue weighted by Gasteiger charge is 2.36. The van der Waals surface area contributed by atoms with E-state index in [9.17, 15) is 19.2 Å². The molecule has 0 unspecified atom stereocenters. The van der Waals surface area contributed by atoms with Crippen molar-refractivity contribution in [2.75, 3.05) is 31.6 Å². The second-order valence-electron chi connectivity index (χ2n) is 16.0. The predicted octanol–water partition coefficient (Wildman–Crippen LogP) is 4.43. The maximum absolute atomic E-state index is 14.5. The molecule has 1 saturated carbocycles. The van der Waals surface area contributed by atoms with Gasteiger partial charge in [-0.15, -0.1) is 10.2 Å². The second-order valence-corrected chi connectivity index (χ2v) is 16.0. The molecule has 2 aromatic heterocycles. The number of likely N-dealkylation sites (tertiary alicyclic amines) is 1. The van der Waals surface area contributed by atoms with E-state index in [-0.39, 0.29) is 36.1 Å². The van der Waals surface area contributed by atoms with Crippen LogP contribution < -0.4 is 21.3 Å². The third kappa shape index (κ3) is 10.1. The number of carbonyl (C=O) groups excluding carboxylic acids is 4. The molecule has 0 spiro atoms. The zero-order valence-corrected chi connectivity index (χ0v) is 32.7. The van der Waals surface area contributed by atoms with E-state index < -0.39 is 23.6 Å². The number of carbonyl (C=O) groups is 4. The Morgan fingerprint density at radius 2 is 1.66 bits per heavy atom. The van der Waals surface area contributed by atoms with Gasteiger partial charge in [0.2, 0.25) is 17.6 Å². The molecule has 2 fully saturated rings. The normalized spacial score (nSPS) is 19.2. The minimum absolute atomic E-state index is 0.114. The first-order valence-corrected chi connectivity index (χ1v) is 19.2. The van der Waals surface area contributed by atoms with Gasteiger partial charge < -0.3 is 26.0 Å². The van der Waals surface area contributed by atoms with E-state index in [2.05, 4.69) is 41.1 Å². The van der Waals surface area contributed by atoms with Crippen molar-refractivity contribution >= 4 is 29.5 Å². The van der Waals surface area contributed by atoms with Gasteiger partial charge in [0.1, 0.15) is 17.3 Å². The van der Waals surface area contributed by atoms with E-state index in [1.807, 2.05) is 65.1 Å². The van der Waals surface area contributed by atoms with Crippen LogP contribution in [0.5, 0.6) is 0 Å². The van der Waals surface area contributed by atoms with Crippen molar-refractivity contribution < 1.29 is 23.9 Å². The van der Waals surface area contributed by atoms with Gasteiger partial charge >= 0.3 is 6.09 Å². The molecule has 56 heavy (non-hydrogen) atoms. The van der Waals surface area contributed by atoms with E-state index in [4.69, 9.17) is 10.5 Å². The summed E-state index contributed by atoms with van der Waals surface area (Å²) in [6.45, 7) is 9.58. The van der Waals surface area contributed by atoms with Gasteiger partial charge in [0.25, 0.3) is 5.91 Å². The summed E-state index contributed by atoms with van der Waals surface area (Å²) in [5.74, 6) is -0.723. The number of anilines is 1. The van der Waals surface area contributed by atoms with Crippen molar-refractivity contribution in [1.29, 1.82) is 0 Å². The maximum atomic E-state index is 14.5. The summed E-state index contributed by atoms with van der Waals surface area (Å²) in [6, 6.07) is 17.6. The maximum Gasteiger partial charge on any atom is 0.407 e. The Balaban J connectivity index is 1.17. The van der Waals surface area contributed by atoms with Gasteiger partial charge in [0.15, 0.2) is 0 Å². The highest BCUT2D eigenvalue weighted by atomic mass is 16.6. The van der Waals surface area contributed by atoms with Crippen LogP contribution in [0.4, 0.5) is 10.5 Å². The molecular weight excluding hydrogens is 713 g/mol. The third-order valence-electron chi connectivity index (χ3n) is 10.5. The van der Waals surface area contributed by atoms with Crippen LogP contribution in [0.2, 0.25) is 0 Å². The molecule has 3 heterocycles. The summed E-state index contributed by atoms with van der Waals surface area (Å²) >= 11 is 0.